The molecule has 1 aliphatic rings. The first-order valence-electron chi connectivity index (χ1n) is 12.2. The van der Waals surface area contributed by atoms with Crippen molar-refractivity contribution in [1.29, 1.82) is 0 Å². The minimum atomic E-state index is -0.432. The monoisotopic (exact) mass is 485 g/mol. The van der Waals surface area contributed by atoms with Crippen LogP contribution >= 0.6 is 0 Å². The SMILES string of the molecule is CCN(CC)CCOc1ccccc1NC(=O)c1ccc2c(c1)C(=O)N(c1cc(C)ccc1C)C2=O. The summed E-state index contributed by atoms with van der Waals surface area (Å²) in [6, 6.07) is 17.5. The summed E-state index contributed by atoms with van der Waals surface area (Å²) < 4.78 is 5.94. The van der Waals surface area contributed by atoms with Gasteiger partial charge in [-0.1, -0.05) is 38.1 Å². The van der Waals surface area contributed by atoms with Crippen molar-refractivity contribution in [1.82, 2.24) is 4.90 Å². The number of benzene rings is 3. The van der Waals surface area contributed by atoms with E-state index in [0.717, 1.165) is 30.8 Å². The smallest absolute Gasteiger partial charge is 0.266 e. The Morgan fingerprint density at radius 1 is 0.917 bits per heavy atom. The quantitative estimate of drug-likeness (QED) is 0.428. The Kier molecular flexibility index (Phi) is 7.50. The van der Waals surface area contributed by atoms with Crippen LogP contribution in [0.15, 0.2) is 60.7 Å². The zero-order valence-electron chi connectivity index (χ0n) is 21.1. The van der Waals surface area contributed by atoms with Crippen molar-refractivity contribution in [2.75, 3.05) is 36.5 Å². The molecule has 1 N–H and O–H groups in total. The first-order valence-corrected chi connectivity index (χ1v) is 12.2. The number of carbonyl (C=O) groups is 3. The Hall–Kier alpha value is -3.97. The number of amides is 3. The van der Waals surface area contributed by atoms with Gasteiger partial charge in [0.1, 0.15) is 12.4 Å². The molecule has 0 radical (unpaired) electrons. The number of imide groups is 1. The van der Waals surface area contributed by atoms with Crippen LogP contribution in [-0.2, 0) is 0 Å². The maximum absolute atomic E-state index is 13.2. The number of nitrogens with one attached hydrogen (secondary N) is 1. The van der Waals surface area contributed by atoms with Gasteiger partial charge < -0.3 is 15.0 Å². The molecule has 3 aromatic rings. The van der Waals surface area contributed by atoms with E-state index in [9.17, 15) is 14.4 Å². The normalized spacial score (nSPS) is 12.8. The van der Waals surface area contributed by atoms with Crippen molar-refractivity contribution < 1.29 is 19.1 Å². The number of ether oxygens (including phenoxy) is 1. The molecule has 7 heteroatoms. The fourth-order valence-corrected chi connectivity index (χ4v) is 4.28. The van der Waals surface area contributed by atoms with Crippen LogP contribution in [0.1, 0.15) is 56.0 Å². The summed E-state index contributed by atoms with van der Waals surface area (Å²) in [5, 5.41) is 2.88. The fourth-order valence-electron chi connectivity index (χ4n) is 4.28. The van der Waals surface area contributed by atoms with Crippen molar-refractivity contribution in [3.8, 4) is 5.75 Å². The maximum Gasteiger partial charge on any atom is 0.266 e. The Labute approximate surface area is 211 Å². The zero-order valence-corrected chi connectivity index (χ0v) is 21.1. The minimum Gasteiger partial charge on any atom is -0.490 e. The predicted molar refractivity (Wildman–Crippen MR) is 141 cm³/mol. The molecule has 0 saturated carbocycles. The van der Waals surface area contributed by atoms with Crippen molar-refractivity contribution in [3.63, 3.8) is 0 Å². The van der Waals surface area contributed by atoms with E-state index in [2.05, 4.69) is 24.1 Å². The number of anilines is 2. The van der Waals surface area contributed by atoms with Gasteiger partial charge in [-0.05, 0) is 74.5 Å². The number of likely N-dealkylation sites (N-methyl/N-ethyl adjacent to an activating group) is 1. The van der Waals surface area contributed by atoms with Gasteiger partial charge in [0, 0.05) is 12.1 Å². The van der Waals surface area contributed by atoms with Gasteiger partial charge in [0.05, 0.1) is 22.5 Å². The molecular formula is C29H31N3O4. The largest absolute Gasteiger partial charge is 0.490 e. The molecule has 36 heavy (non-hydrogen) atoms. The van der Waals surface area contributed by atoms with E-state index in [-0.39, 0.29) is 28.5 Å². The van der Waals surface area contributed by atoms with Gasteiger partial charge in [0.15, 0.2) is 0 Å². The molecule has 0 fully saturated rings. The highest BCUT2D eigenvalue weighted by Crippen LogP contribution is 2.32. The van der Waals surface area contributed by atoms with Gasteiger partial charge in [0.25, 0.3) is 17.7 Å². The number of nitrogens with zero attached hydrogens (tertiary/aromatic N) is 2. The van der Waals surface area contributed by atoms with Crippen LogP contribution in [0.2, 0.25) is 0 Å². The van der Waals surface area contributed by atoms with E-state index in [1.807, 2.05) is 50.2 Å². The third kappa shape index (κ3) is 5.02. The van der Waals surface area contributed by atoms with Crippen LogP contribution < -0.4 is 15.0 Å². The van der Waals surface area contributed by atoms with Crippen LogP contribution in [0.3, 0.4) is 0 Å². The first kappa shape index (κ1) is 25.1. The van der Waals surface area contributed by atoms with Gasteiger partial charge in [-0.3, -0.25) is 14.4 Å². The summed E-state index contributed by atoms with van der Waals surface area (Å²) in [5.41, 5.74) is 3.67. The molecule has 186 valence electrons. The molecule has 7 nitrogen and oxygen atoms in total. The summed E-state index contributed by atoms with van der Waals surface area (Å²) >= 11 is 0. The van der Waals surface area contributed by atoms with Gasteiger partial charge in [-0.2, -0.15) is 0 Å². The Morgan fingerprint density at radius 2 is 1.64 bits per heavy atom. The minimum absolute atomic E-state index is 0.220. The van der Waals surface area contributed by atoms with Crippen LogP contribution in [0, 0.1) is 13.8 Å². The van der Waals surface area contributed by atoms with Gasteiger partial charge in [0.2, 0.25) is 0 Å². The molecular weight excluding hydrogens is 454 g/mol. The second kappa shape index (κ2) is 10.7. The van der Waals surface area contributed by atoms with Crippen molar-refractivity contribution >= 4 is 29.1 Å². The van der Waals surface area contributed by atoms with Crippen molar-refractivity contribution in [3.05, 3.63) is 88.5 Å². The average molecular weight is 486 g/mol. The van der Waals surface area contributed by atoms with Crippen LogP contribution in [0.25, 0.3) is 0 Å². The van der Waals surface area contributed by atoms with E-state index in [0.29, 0.717) is 23.7 Å². The second-order valence-corrected chi connectivity index (χ2v) is 8.82. The number of rotatable bonds is 9. The molecule has 3 amide bonds. The van der Waals surface area contributed by atoms with Gasteiger partial charge in [-0.15, -0.1) is 0 Å². The zero-order chi connectivity index (χ0) is 25.8. The number of carbonyl (C=O) groups excluding carboxylic acids is 3. The van der Waals surface area contributed by atoms with Crippen LogP contribution in [0.5, 0.6) is 5.75 Å². The molecule has 0 spiro atoms. The van der Waals surface area contributed by atoms with Crippen molar-refractivity contribution in [2.45, 2.75) is 27.7 Å². The number of para-hydroxylation sites is 2. The summed E-state index contributed by atoms with van der Waals surface area (Å²) in [6.07, 6.45) is 0. The molecule has 3 aromatic carbocycles. The first-order chi connectivity index (χ1) is 17.3. The van der Waals surface area contributed by atoms with E-state index in [1.165, 1.54) is 11.0 Å². The lowest BCUT2D eigenvalue weighted by atomic mass is 10.1. The molecule has 0 saturated heterocycles. The standard InChI is InChI=1S/C29H31N3O4/c1-5-31(6-2)15-16-36-26-10-8-7-9-24(26)30-27(33)21-13-14-22-23(18-21)29(35)32(28(22)34)25-17-19(3)11-12-20(25)4/h7-14,17-18H,5-6,15-16H2,1-4H3,(H,30,33). The van der Waals surface area contributed by atoms with Gasteiger partial charge >= 0.3 is 0 Å². The van der Waals surface area contributed by atoms with Crippen LogP contribution in [0.4, 0.5) is 11.4 Å². The van der Waals surface area contributed by atoms with E-state index in [1.54, 1.807) is 18.2 Å². The molecule has 1 heterocycles. The Bertz CT molecular complexity index is 1310. The summed E-state index contributed by atoms with van der Waals surface area (Å²) in [6.45, 7) is 11.2. The molecule has 0 aromatic heterocycles. The lowest BCUT2D eigenvalue weighted by Gasteiger charge is -2.19. The summed E-state index contributed by atoms with van der Waals surface area (Å²) in [4.78, 5) is 42.8. The lowest BCUT2D eigenvalue weighted by molar-refractivity contribution is 0.0925. The molecule has 0 bridgehead atoms. The van der Waals surface area contributed by atoms with Gasteiger partial charge in [-0.25, -0.2) is 4.90 Å². The molecule has 1 aliphatic heterocycles. The summed E-state index contributed by atoms with van der Waals surface area (Å²) in [7, 11) is 0. The van der Waals surface area contributed by atoms with Crippen molar-refractivity contribution in [2.24, 2.45) is 0 Å². The topological polar surface area (TPSA) is 79.0 Å². The highest BCUT2D eigenvalue weighted by Gasteiger charge is 2.37. The number of aryl methyl sites for hydroxylation is 2. The van der Waals surface area contributed by atoms with E-state index in [4.69, 9.17) is 4.74 Å². The molecule has 0 unspecified atom stereocenters. The number of hydrogen-bond acceptors (Lipinski definition) is 5. The molecule has 4 rings (SSSR count). The number of fused-ring (bicyclic) bond motifs is 1. The maximum atomic E-state index is 13.2. The second-order valence-electron chi connectivity index (χ2n) is 8.82. The molecule has 0 atom stereocenters. The van der Waals surface area contributed by atoms with Crippen LogP contribution in [-0.4, -0.2) is 48.9 Å². The average Bonchev–Trinajstić information content (AvgIpc) is 3.13. The predicted octanol–water partition coefficient (Wildman–Crippen LogP) is 5.08. The highest BCUT2D eigenvalue weighted by molar-refractivity contribution is 6.35. The molecule has 0 aliphatic carbocycles. The number of hydrogen-bond donors (Lipinski definition) is 1. The Balaban J connectivity index is 1.53. The van der Waals surface area contributed by atoms with E-state index >= 15 is 0 Å². The third-order valence-electron chi connectivity index (χ3n) is 6.45. The Morgan fingerprint density at radius 3 is 2.39 bits per heavy atom. The fraction of sp³-hybridized carbons (Fsp3) is 0.276. The summed E-state index contributed by atoms with van der Waals surface area (Å²) in [5.74, 6) is -0.629. The van der Waals surface area contributed by atoms with E-state index < -0.39 is 5.91 Å². The highest BCUT2D eigenvalue weighted by atomic mass is 16.5. The third-order valence-corrected chi connectivity index (χ3v) is 6.45. The lowest BCUT2D eigenvalue weighted by Crippen LogP contribution is -2.30.